The maximum absolute atomic E-state index is 12.7. The molecule has 4 aliphatic rings. The molecule has 2 N–H and O–H groups in total. The van der Waals surface area contributed by atoms with Crippen LogP contribution in [0.1, 0.15) is 66.7 Å². The number of fused-ring (bicyclic) bond motifs is 2. The van der Waals surface area contributed by atoms with Gasteiger partial charge in [-0.3, -0.25) is 4.21 Å². The molecule has 1 saturated heterocycles. The standard InChI is InChI=1S/C26H33N3O2S/c30-17-26(10-2-11-26)28-25-24-22(9-14-32(24)31)16-23(27-25)29-12-7-19(8-13-29)21-6-5-18-3-1-4-20(18)15-21/h5-6,15-16,19,30H,1-4,7-14,17H2,(H,27,28)/t32-/m1/s1. The van der Waals surface area contributed by atoms with E-state index in [1.54, 1.807) is 11.1 Å². The van der Waals surface area contributed by atoms with E-state index in [9.17, 15) is 9.32 Å². The van der Waals surface area contributed by atoms with Crippen molar-refractivity contribution in [1.29, 1.82) is 0 Å². The van der Waals surface area contributed by atoms with Gasteiger partial charge in [0.25, 0.3) is 0 Å². The molecule has 6 rings (SSSR count). The van der Waals surface area contributed by atoms with Crippen molar-refractivity contribution in [3.05, 3.63) is 46.5 Å². The lowest BCUT2D eigenvalue weighted by Crippen LogP contribution is -2.48. The molecule has 1 aromatic heterocycles. The summed E-state index contributed by atoms with van der Waals surface area (Å²) in [5, 5.41) is 13.5. The number of aromatic nitrogens is 1. The third-order valence-electron chi connectivity index (χ3n) is 8.23. The normalized spacial score (nSPS) is 24.2. The first-order valence-electron chi connectivity index (χ1n) is 12.3. The van der Waals surface area contributed by atoms with E-state index >= 15 is 0 Å². The SMILES string of the molecule is O=[S@@]1CCc2cc(N3CCC(c4ccc5c(c4)CCC5)CC3)nc(NC3(CO)CCC3)c21. The molecule has 0 amide bonds. The van der Waals surface area contributed by atoms with E-state index in [0.29, 0.717) is 11.7 Å². The lowest BCUT2D eigenvalue weighted by atomic mass is 9.77. The summed E-state index contributed by atoms with van der Waals surface area (Å²) in [4.78, 5) is 8.27. The van der Waals surface area contributed by atoms with E-state index in [2.05, 4.69) is 34.5 Å². The molecule has 1 saturated carbocycles. The van der Waals surface area contributed by atoms with Crippen molar-refractivity contribution in [3.63, 3.8) is 0 Å². The number of piperidine rings is 1. The van der Waals surface area contributed by atoms with Crippen LogP contribution in [0.3, 0.4) is 0 Å². The van der Waals surface area contributed by atoms with Crippen LogP contribution in [-0.4, -0.2) is 45.3 Å². The molecule has 2 aliphatic heterocycles. The number of rotatable bonds is 5. The second kappa shape index (κ2) is 8.14. The highest BCUT2D eigenvalue weighted by Crippen LogP contribution is 2.40. The Morgan fingerprint density at radius 1 is 1.06 bits per heavy atom. The number of nitrogens with zero attached hydrogens (tertiary/aromatic N) is 2. The first-order chi connectivity index (χ1) is 15.6. The zero-order valence-corrected chi connectivity index (χ0v) is 19.6. The molecular weight excluding hydrogens is 418 g/mol. The van der Waals surface area contributed by atoms with Crippen molar-refractivity contribution in [2.75, 3.05) is 35.7 Å². The lowest BCUT2D eigenvalue weighted by molar-refractivity contribution is 0.143. The zero-order chi connectivity index (χ0) is 21.7. The summed E-state index contributed by atoms with van der Waals surface area (Å²) in [5.74, 6) is 3.07. The van der Waals surface area contributed by atoms with Crippen LogP contribution in [0.2, 0.25) is 0 Å². The summed E-state index contributed by atoms with van der Waals surface area (Å²) < 4.78 is 12.7. The topological polar surface area (TPSA) is 65.5 Å². The van der Waals surface area contributed by atoms with Gasteiger partial charge in [-0.25, -0.2) is 4.98 Å². The summed E-state index contributed by atoms with van der Waals surface area (Å²) in [5.41, 5.74) is 5.52. The van der Waals surface area contributed by atoms with Crippen LogP contribution in [0.5, 0.6) is 0 Å². The molecule has 1 aromatic carbocycles. The molecule has 2 aliphatic carbocycles. The minimum absolute atomic E-state index is 0.104. The minimum atomic E-state index is -0.993. The first-order valence-corrected chi connectivity index (χ1v) is 13.6. The van der Waals surface area contributed by atoms with Crippen LogP contribution in [0, 0.1) is 0 Å². The van der Waals surface area contributed by atoms with Crippen LogP contribution in [0.25, 0.3) is 0 Å². The van der Waals surface area contributed by atoms with Gasteiger partial charge in [0.05, 0.1) is 27.8 Å². The second-order valence-electron chi connectivity index (χ2n) is 10.2. The van der Waals surface area contributed by atoms with Crippen molar-refractivity contribution < 1.29 is 9.32 Å². The van der Waals surface area contributed by atoms with Gasteiger partial charge in [0, 0.05) is 18.8 Å². The Balaban J connectivity index is 1.22. The summed E-state index contributed by atoms with van der Waals surface area (Å²) in [6, 6.07) is 9.37. The second-order valence-corrected chi connectivity index (χ2v) is 11.7. The smallest absolute Gasteiger partial charge is 0.145 e. The van der Waals surface area contributed by atoms with Crippen LogP contribution in [0.4, 0.5) is 11.6 Å². The van der Waals surface area contributed by atoms with Gasteiger partial charge in [-0.05, 0) is 92.0 Å². The molecule has 5 nitrogen and oxygen atoms in total. The van der Waals surface area contributed by atoms with E-state index in [1.807, 2.05) is 0 Å². The number of aryl methyl sites for hydroxylation is 3. The van der Waals surface area contributed by atoms with Crippen LogP contribution in [0.15, 0.2) is 29.2 Å². The first kappa shape index (κ1) is 20.7. The average molecular weight is 452 g/mol. The molecule has 3 heterocycles. The molecule has 1 atom stereocenters. The molecule has 0 spiro atoms. The number of aliphatic hydroxyl groups excluding tert-OH is 1. The van der Waals surface area contributed by atoms with E-state index in [1.165, 1.54) is 30.4 Å². The third kappa shape index (κ3) is 3.56. The van der Waals surface area contributed by atoms with Gasteiger partial charge in [-0.2, -0.15) is 0 Å². The molecule has 2 fully saturated rings. The number of hydrogen-bond acceptors (Lipinski definition) is 5. The van der Waals surface area contributed by atoms with Gasteiger partial charge in [0.15, 0.2) is 0 Å². The van der Waals surface area contributed by atoms with E-state index in [-0.39, 0.29) is 12.1 Å². The summed E-state index contributed by atoms with van der Waals surface area (Å²) in [6.45, 7) is 2.11. The van der Waals surface area contributed by atoms with Crippen LogP contribution >= 0.6 is 0 Å². The van der Waals surface area contributed by atoms with Crippen LogP contribution in [-0.2, 0) is 30.1 Å². The lowest BCUT2D eigenvalue weighted by Gasteiger charge is -2.42. The quantitative estimate of drug-likeness (QED) is 0.721. The third-order valence-corrected chi connectivity index (χ3v) is 9.72. The van der Waals surface area contributed by atoms with E-state index in [0.717, 1.165) is 68.1 Å². The fourth-order valence-electron chi connectivity index (χ4n) is 6.03. The van der Waals surface area contributed by atoms with Gasteiger partial charge in [-0.1, -0.05) is 18.2 Å². The minimum Gasteiger partial charge on any atom is -0.394 e. The Morgan fingerprint density at radius 3 is 2.62 bits per heavy atom. The van der Waals surface area contributed by atoms with Crippen molar-refractivity contribution in [1.82, 2.24) is 4.98 Å². The largest absolute Gasteiger partial charge is 0.394 e. The average Bonchev–Trinajstić information content (AvgIpc) is 3.42. The monoisotopic (exact) mass is 451 g/mol. The molecular formula is C26H33N3O2S. The predicted octanol–water partition coefficient (Wildman–Crippen LogP) is 3.94. The van der Waals surface area contributed by atoms with Gasteiger partial charge in [-0.15, -0.1) is 0 Å². The number of pyridine rings is 1. The van der Waals surface area contributed by atoms with Gasteiger partial charge >= 0.3 is 0 Å². The Hall–Kier alpha value is -1.92. The number of benzene rings is 1. The van der Waals surface area contributed by atoms with Gasteiger partial charge < -0.3 is 15.3 Å². The highest BCUT2D eigenvalue weighted by molar-refractivity contribution is 7.85. The maximum atomic E-state index is 12.7. The number of nitrogens with one attached hydrogen (secondary N) is 1. The van der Waals surface area contributed by atoms with Crippen LogP contribution < -0.4 is 10.2 Å². The van der Waals surface area contributed by atoms with E-state index < -0.39 is 10.8 Å². The van der Waals surface area contributed by atoms with Crippen molar-refractivity contribution >= 4 is 22.4 Å². The number of aliphatic hydroxyl groups is 1. The zero-order valence-electron chi connectivity index (χ0n) is 18.7. The molecule has 170 valence electrons. The summed E-state index contributed by atoms with van der Waals surface area (Å²) in [7, 11) is -0.993. The summed E-state index contributed by atoms with van der Waals surface area (Å²) >= 11 is 0. The molecule has 0 unspecified atom stereocenters. The Labute approximate surface area is 193 Å². The van der Waals surface area contributed by atoms with Crippen molar-refractivity contribution in [2.24, 2.45) is 0 Å². The Morgan fingerprint density at radius 2 is 1.88 bits per heavy atom. The van der Waals surface area contributed by atoms with E-state index in [4.69, 9.17) is 4.98 Å². The Kier molecular flexibility index (Phi) is 5.26. The maximum Gasteiger partial charge on any atom is 0.145 e. The summed E-state index contributed by atoms with van der Waals surface area (Å²) in [6.07, 6.45) is 9.95. The molecule has 0 bridgehead atoms. The highest BCUT2D eigenvalue weighted by Gasteiger charge is 2.38. The fraction of sp³-hybridized carbons (Fsp3) is 0.577. The predicted molar refractivity (Wildman–Crippen MR) is 129 cm³/mol. The molecule has 0 radical (unpaired) electrons. The van der Waals surface area contributed by atoms with Crippen molar-refractivity contribution in [3.8, 4) is 0 Å². The van der Waals surface area contributed by atoms with Gasteiger partial charge in [0.1, 0.15) is 11.6 Å². The number of hydrogen-bond donors (Lipinski definition) is 2. The Bertz CT molecular complexity index is 1050. The number of anilines is 2. The highest BCUT2D eigenvalue weighted by atomic mass is 32.2. The van der Waals surface area contributed by atoms with Crippen molar-refractivity contribution in [2.45, 2.75) is 74.1 Å². The molecule has 6 heteroatoms. The fourth-order valence-corrected chi connectivity index (χ4v) is 7.40. The molecule has 32 heavy (non-hydrogen) atoms. The molecule has 2 aromatic rings. The van der Waals surface area contributed by atoms with Gasteiger partial charge in [0.2, 0.25) is 0 Å².